The Morgan fingerprint density at radius 2 is 1.96 bits per heavy atom. The standard InChI is InChI=1S/C17H22N6O2/c1-12-20-21-22-23(12)15-8-4-7-14(11-15)19-17(25)10-9-16(24)18-13-5-2-3-6-13/h4,7-8,11,13H,2-3,5-6,9-10H2,1H3,(H,18,24)(H,19,25). The number of aromatic nitrogens is 4. The molecule has 8 nitrogen and oxygen atoms in total. The second kappa shape index (κ2) is 7.87. The molecule has 1 aliphatic carbocycles. The van der Waals surface area contributed by atoms with E-state index in [9.17, 15) is 9.59 Å². The minimum absolute atomic E-state index is 0.0554. The molecule has 0 atom stereocenters. The average molecular weight is 342 g/mol. The monoisotopic (exact) mass is 342 g/mol. The molecule has 8 heteroatoms. The lowest BCUT2D eigenvalue weighted by Crippen LogP contribution is -2.33. The Morgan fingerprint density at radius 3 is 2.68 bits per heavy atom. The van der Waals surface area contributed by atoms with Crippen molar-refractivity contribution in [3.8, 4) is 5.69 Å². The summed E-state index contributed by atoms with van der Waals surface area (Å²) < 4.78 is 1.59. The lowest BCUT2D eigenvalue weighted by molar-refractivity contribution is -0.124. The number of aryl methyl sites for hydroxylation is 1. The van der Waals surface area contributed by atoms with Crippen LogP contribution in [0.15, 0.2) is 24.3 Å². The Kier molecular flexibility index (Phi) is 5.37. The number of amides is 2. The van der Waals surface area contributed by atoms with Crippen molar-refractivity contribution in [1.82, 2.24) is 25.5 Å². The fraction of sp³-hybridized carbons (Fsp3) is 0.471. The molecule has 2 N–H and O–H groups in total. The van der Waals surface area contributed by atoms with E-state index in [2.05, 4.69) is 26.2 Å². The van der Waals surface area contributed by atoms with E-state index in [1.807, 2.05) is 12.1 Å². The van der Waals surface area contributed by atoms with E-state index < -0.39 is 0 Å². The van der Waals surface area contributed by atoms with E-state index in [4.69, 9.17) is 0 Å². The lowest BCUT2D eigenvalue weighted by Gasteiger charge is -2.12. The van der Waals surface area contributed by atoms with Gasteiger partial charge in [0.25, 0.3) is 0 Å². The number of hydrogen-bond donors (Lipinski definition) is 2. The maximum Gasteiger partial charge on any atom is 0.224 e. The molecule has 0 bridgehead atoms. The molecular formula is C17H22N6O2. The lowest BCUT2D eigenvalue weighted by atomic mass is 10.2. The fourth-order valence-electron chi connectivity index (χ4n) is 3.01. The van der Waals surface area contributed by atoms with Crippen LogP contribution in [0.1, 0.15) is 44.3 Å². The predicted molar refractivity (Wildman–Crippen MR) is 92.2 cm³/mol. The summed E-state index contributed by atoms with van der Waals surface area (Å²) in [5.41, 5.74) is 1.41. The molecule has 1 aromatic heterocycles. The third kappa shape index (κ3) is 4.62. The number of rotatable bonds is 6. The first-order valence-corrected chi connectivity index (χ1v) is 8.56. The van der Waals surface area contributed by atoms with E-state index in [-0.39, 0.29) is 30.7 Å². The summed E-state index contributed by atoms with van der Waals surface area (Å²) in [6.07, 6.45) is 4.79. The molecule has 0 saturated heterocycles. The van der Waals surface area contributed by atoms with Crippen LogP contribution in [-0.4, -0.2) is 38.1 Å². The highest BCUT2D eigenvalue weighted by molar-refractivity contribution is 5.93. The molecule has 0 unspecified atom stereocenters. The average Bonchev–Trinajstić information content (AvgIpc) is 3.25. The summed E-state index contributed by atoms with van der Waals surface area (Å²) in [5, 5.41) is 17.2. The molecule has 1 fully saturated rings. The second-order valence-electron chi connectivity index (χ2n) is 6.29. The van der Waals surface area contributed by atoms with E-state index in [0.717, 1.165) is 18.5 Å². The summed E-state index contributed by atoms with van der Waals surface area (Å²) in [7, 11) is 0. The van der Waals surface area contributed by atoms with Gasteiger partial charge in [0.1, 0.15) is 0 Å². The molecule has 0 aliphatic heterocycles. The Morgan fingerprint density at radius 1 is 1.20 bits per heavy atom. The van der Waals surface area contributed by atoms with E-state index >= 15 is 0 Å². The topological polar surface area (TPSA) is 102 Å². The number of hydrogen-bond acceptors (Lipinski definition) is 5. The van der Waals surface area contributed by atoms with Crippen molar-refractivity contribution >= 4 is 17.5 Å². The highest BCUT2D eigenvalue weighted by Gasteiger charge is 2.17. The van der Waals surface area contributed by atoms with Crippen molar-refractivity contribution in [1.29, 1.82) is 0 Å². The van der Waals surface area contributed by atoms with Crippen molar-refractivity contribution in [2.45, 2.75) is 51.5 Å². The number of carbonyl (C=O) groups is 2. The zero-order valence-electron chi connectivity index (χ0n) is 14.2. The maximum absolute atomic E-state index is 12.1. The minimum atomic E-state index is -0.188. The summed E-state index contributed by atoms with van der Waals surface area (Å²) >= 11 is 0. The van der Waals surface area contributed by atoms with Gasteiger partial charge >= 0.3 is 0 Å². The van der Waals surface area contributed by atoms with Gasteiger partial charge in [0.2, 0.25) is 11.8 Å². The van der Waals surface area contributed by atoms with Crippen LogP contribution >= 0.6 is 0 Å². The maximum atomic E-state index is 12.1. The number of tetrazole rings is 1. The van der Waals surface area contributed by atoms with Gasteiger partial charge in [0.05, 0.1) is 5.69 Å². The zero-order chi connectivity index (χ0) is 17.6. The highest BCUT2D eigenvalue weighted by Crippen LogP contribution is 2.18. The molecular weight excluding hydrogens is 320 g/mol. The quantitative estimate of drug-likeness (QED) is 0.833. The number of nitrogens with one attached hydrogen (secondary N) is 2. The normalized spacial score (nSPS) is 14.4. The van der Waals surface area contributed by atoms with Crippen molar-refractivity contribution < 1.29 is 9.59 Å². The van der Waals surface area contributed by atoms with Gasteiger partial charge < -0.3 is 10.6 Å². The number of anilines is 1. The van der Waals surface area contributed by atoms with Crippen LogP contribution in [-0.2, 0) is 9.59 Å². The fourth-order valence-corrected chi connectivity index (χ4v) is 3.01. The van der Waals surface area contributed by atoms with Gasteiger partial charge in [-0.25, -0.2) is 0 Å². The largest absolute Gasteiger partial charge is 0.353 e. The van der Waals surface area contributed by atoms with Crippen LogP contribution in [0.25, 0.3) is 5.69 Å². The van der Waals surface area contributed by atoms with E-state index in [1.54, 1.807) is 23.7 Å². The second-order valence-corrected chi connectivity index (χ2v) is 6.29. The van der Waals surface area contributed by atoms with Crippen LogP contribution in [0.3, 0.4) is 0 Å². The molecule has 1 aliphatic rings. The summed E-state index contributed by atoms with van der Waals surface area (Å²) in [5.74, 6) is 0.416. The van der Waals surface area contributed by atoms with Crippen LogP contribution in [0, 0.1) is 6.92 Å². The summed E-state index contributed by atoms with van der Waals surface area (Å²) in [6, 6.07) is 7.54. The molecule has 1 aromatic carbocycles. The first-order valence-electron chi connectivity index (χ1n) is 8.56. The van der Waals surface area contributed by atoms with Crippen LogP contribution < -0.4 is 10.6 Å². The minimum Gasteiger partial charge on any atom is -0.353 e. The molecule has 1 saturated carbocycles. The number of benzene rings is 1. The molecule has 3 rings (SSSR count). The Balaban J connectivity index is 1.51. The third-order valence-electron chi connectivity index (χ3n) is 4.30. The van der Waals surface area contributed by atoms with Gasteiger partial charge in [0.15, 0.2) is 5.82 Å². The van der Waals surface area contributed by atoms with E-state index in [1.165, 1.54) is 12.8 Å². The van der Waals surface area contributed by atoms with Gasteiger partial charge in [-0.1, -0.05) is 18.9 Å². The predicted octanol–water partition coefficient (Wildman–Crippen LogP) is 1.75. The summed E-state index contributed by atoms with van der Waals surface area (Å²) in [6.45, 7) is 1.80. The van der Waals surface area contributed by atoms with Crippen LogP contribution in [0.4, 0.5) is 5.69 Å². The van der Waals surface area contributed by atoms with Gasteiger partial charge in [-0.15, -0.1) is 5.10 Å². The highest BCUT2D eigenvalue weighted by atomic mass is 16.2. The van der Waals surface area contributed by atoms with Gasteiger partial charge in [-0.2, -0.15) is 4.68 Å². The molecule has 0 spiro atoms. The smallest absolute Gasteiger partial charge is 0.224 e. The van der Waals surface area contributed by atoms with E-state index in [0.29, 0.717) is 11.5 Å². The third-order valence-corrected chi connectivity index (χ3v) is 4.30. The molecule has 0 radical (unpaired) electrons. The molecule has 2 aromatic rings. The zero-order valence-corrected chi connectivity index (χ0v) is 14.2. The first kappa shape index (κ1) is 17.1. The Hall–Kier alpha value is -2.77. The van der Waals surface area contributed by atoms with Crippen LogP contribution in [0.5, 0.6) is 0 Å². The first-order chi connectivity index (χ1) is 12.1. The van der Waals surface area contributed by atoms with Crippen LogP contribution in [0.2, 0.25) is 0 Å². The molecule has 132 valence electrons. The molecule has 2 amide bonds. The van der Waals surface area contributed by atoms with Crippen molar-refractivity contribution in [3.05, 3.63) is 30.1 Å². The molecule has 25 heavy (non-hydrogen) atoms. The SMILES string of the molecule is Cc1nnnn1-c1cccc(NC(=O)CCC(=O)NC2CCCC2)c1. The number of carbonyl (C=O) groups excluding carboxylic acids is 2. The van der Waals surface area contributed by atoms with Crippen molar-refractivity contribution in [2.24, 2.45) is 0 Å². The summed E-state index contributed by atoms with van der Waals surface area (Å²) in [4.78, 5) is 24.0. The number of nitrogens with zero attached hydrogens (tertiary/aromatic N) is 4. The van der Waals surface area contributed by atoms with Crippen molar-refractivity contribution in [2.75, 3.05) is 5.32 Å². The van der Waals surface area contributed by atoms with Crippen molar-refractivity contribution in [3.63, 3.8) is 0 Å². The van der Waals surface area contributed by atoms with Gasteiger partial charge in [-0.3, -0.25) is 9.59 Å². The van der Waals surface area contributed by atoms with Gasteiger partial charge in [0, 0.05) is 24.6 Å². The van der Waals surface area contributed by atoms with Gasteiger partial charge in [-0.05, 0) is 48.4 Å². The Labute approximate surface area is 146 Å². The molecule has 1 heterocycles. The Bertz CT molecular complexity index is 751.